The van der Waals surface area contributed by atoms with Gasteiger partial charge in [0.25, 0.3) is 0 Å². The maximum atomic E-state index is 6.57. The van der Waals surface area contributed by atoms with E-state index in [2.05, 4.69) is 28.1 Å². The van der Waals surface area contributed by atoms with Gasteiger partial charge in [0.05, 0.1) is 11.1 Å². The van der Waals surface area contributed by atoms with Crippen LogP contribution in [0.4, 0.5) is 0 Å². The molecule has 2 fully saturated rings. The molecule has 2 N–H and O–H groups in total. The number of nitrogens with two attached hydrogens (primary N) is 1. The molecule has 0 aromatic heterocycles. The molecule has 1 aromatic carbocycles. The Morgan fingerprint density at radius 1 is 1.28 bits per heavy atom. The molecule has 98 valence electrons. The molecule has 3 heteroatoms. The molecule has 0 atom stereocenters. The summed E-state index contributed by atoms with van der Waals surface area (Å²) in [7, 11) is 0. The number of benzene rings is 1. The van der Waals surface area contributed by atoms with E-state index in [1.165, 1.54) is 31.2 Å². The molecule has 0 amide bonds. The lowest BCUT2D eigenvalue weighted by molar-refractivity contribution is 0.286. The van der Waals surface area contributed by atoms with Gasteiger partial charge in [-0.05, 0) is 53.6 Å². The Hall–Kier alpha value is -0.540. The summed E-state index contributed by atoms with van der Waals surface area (Å²) in [5.41, 5.74) is 7.58. The van der Waals surface area contributed by atoms with Crippen LogP contribution in [0.2, 0.25) is 0 Å². The Bertz CT molecular complexity index is 436. The first kappa shape index (κ1) is 12.5. The third kappa shape index (κ3) is 2.43. The molecule has 3 rings (SSSR count). The molecule has 0 heterocycles. The molecule has 18 heavy (non-hydrogen) atoms. The van der Waals surface area contributed by atoms with Crippen molar-refractivity contribution in [2.24, 2.45) is 11.7 Å². The second-order valence-electron chi connectivity index (χ2n) is 5.73. The molecule has 0 saturated heterocycles. The highest BCUT2D eigenvalue weighted by molar-refractivity contribution is 9.10. The van der Waals surface area contributed by atoms with Gasteiger partial charge in [-0.1, -0.05) is 25.0 Å². The summed E-state index contributed by atoms with van der Waals surface area (Å²) in [5, 5.41) is 0. The predicted molar refractivity (Wildman–Crippen MR) is 76.7 cm³/mol. The van der Waals surface area contributed by atoms with Gasteiger partial charge in [0, 0.05) is 11.1 Å². The number of hydrogen-bond donors (Lipinski definition) is 1. The summed E-state index contributed by atoms with van der Waals surface area (Å²) in [6.07, 6.45) is 7.23. The van der Waals surface area contributed by atoms with Crippen LogP contribution in [0, 0.1) is 5.92 Å². The van der Waals surface area contributed by atoms with Crippen molar-refractivity contribution in [3.8, 4) is 5.75 Å². The Morgan fingerprint density at radius 2 is 2.00 bits per heavy atom. The van der Waals surface area contributed by atoms with Gasteiger partial charge in [0.15, 0.2) is 0 Å². The van der Waals surface area contributed by atoms with E-state index in [4.69, 9.17) is 10.5 Å². The van der Waals surface area contributed by atoms with Gasteiger partial charge in [0.2, 0.25) is 0 Å². The molecule has 0 bridgehead atoms. The minimum atomic E-state index is -0.178. The molecule has 0 aliphatic heterocycles. The minimum absolute atomic E-state index is 0.178. The fourth-order valence-corrected chi connectivity index (χ4v) is 3.29. The van der Waals surface area contributed by atoms with Gasteiger partial charge in [-0.15, -0.1) is 0 Å². The molecule has 2 aliphatic rings. The van der Waals surface area contributed by atoms with Crippen molar-refractivity contribution in [1.29, 1.82) is 0 Å². The highest BCUT2D eigenvalue weighted by Gasteiger charge is 2.34. The Kier molecular flexibility index (Phi) is 3.37. The van der Waals surface area contributed by atoms with E-state index in [-0.39, 0.29) is 5.54 Å². The monoisotopic (exact) mass is 309 g/mol. The van der Waals surface area contributed by atoms with E-state index in [1.54, 1.807) is 0 Å². The largest absolute Gasteiger partial charge is 0.492 e. The van der Waals surface area contributed by atoms with Crippen molar-refractivity contribution >= 4 is 15.9 Å². The molecule has 1 aromatic rings. The van der Waals surface area contributed by atoms with Crippen LogP contribution in [0.3, 0.4) is 0 Å². The second kappa shape index (κ2) is 4.86. The molecule has 2 nitrogen and oxygen atoms in total. The van der Waals surface area contributed by atoms with Crippen molar-refractivity contribution in [3.05, 3.63) is 28.2 Å². The predicted octanol–water partition coefficient (Wildman–Crippen LogP) is 3.97. The molecule has 0 unspecified atom stereocenters. The van der Waals surface area contributed by atoms with Crippen LogP contribution in [-0.2, 0) is 5.54 Å². The van der Waals surface area contributed by atoms with Crippen molar-refractivity contribution in [1.82, 2.24) is 0 Å². The topological polar surface area (TPSA) is 35.2 Å². The standard InChI is InChI=1S/C15H20BrNO/c16-13-5-3-4-12(15(17)8-1-2-9-15)14(13)18-10-11-6-7-11/h3-5,11H,1-2,6-10,17H2. The van der Waals surface area contributed by atoms with E-state index in [1.807, 2.05) is 6.07 Å². The summed E-state index contributed by atoms with van der Waals surface area (Å²) in [6, 6.07) is 6.25. The molecule has 0 radical (unpaired) electrons. The van der Waals surface area contributed by atoms with Crippen LogP contribution in [-0.4, -0.2) is 6.61 Å². The van der Waals surface area contributed by atoms with Crippen molar-refractivity contribution < 1.29 is 4.74 Å². The average molecular weight is 310 g/mol. The van der Waals surface area contributed by atoms with Crippen LogP contribution in [0.15, 0.2) is 22.7 Å². The summed E-state index contributed by atoms with van der Waals surface area (Å²) < 4.78 is 7.08. The van der Waals surface area contributed by atoms with Crippen LogP contribution >= 0.6 is 15.9 Å². The van der Waals surface area contributed by atoms with Crippen LogP contribution in [0.1, 0.15) is 44.1 Å². The fourth-order valence-electron chi connectivity index (χ4n) is 2.81. The first-order valence-electron chi connectivity index (χ1n) is 6.90. The van der Waals surface area contributed by atoms with E-state index >= 15 is 0 Å². The van der Waals surface area contributed by atoms with Crippen LogP contribution in [0.25, 0.3) is 0 Å². The van der Waals surface area contributed by atoms with Gasteiger partial charge in [-0.2, -0.15) is 0 Å². The van der Waals surface area contributed by atoms with E-state index in [9.17, 15) is 0 Å². The lowest BCUT2D eigenvalue weighted by Gasteiger charge is -2.27. The molecule has 2 aliphatic carbocycles. The van der Waals surface area contributed by atoms with E-state index < -0.39 is 0 Å². The highest BCUT2D eigenvalue weighted by Crippen LogP contribution is 2.43. The number of ether oxygens (including phenoxy) is 1. The quantitative estimate of drug-likeness (QED) is 0.913. The Balaban J connectivity index is 1.88. The van der Waals surface area contributed by atoms with Crippen molar-refractivity contribution in [3.63, 3.8) is 0 Å². The number of para-hydroxylation sites is 1. The Morgan fingerprint density at radius 3 is 2.67 bits per heavy atom. The van der Waals surface area contributed by atoms with E-state index in [0.29, 0.717) is 0 Å². The third-order valence-corrected chi connectivity index (χ3v) is 4.78. The maximum Gasteiger partial charge on any atom is 0.138 e. The highest BCUT2D eigenvalue weighted by atomic mass is 79.9. The molecule has 0 spiro atoms. The first-order chi connectivity index (χ1) is 8.69. The molecular weight excluding hydrogens is 290 g/mol. The second-order valence-corrected chi connectivity index (χ2v) is 6.59. The summed E-state index contributed by atoms with van der Waals surface area (Å²) in [4.78, 5) is 0. The summed E-state index contributed by atoms with van der Waals surface area (Å²) >= 11 is 3.61. The average Bonchev–Trinajstić information content (AvgIpc) is 3.08. The summed E-state index contributed by atoms with van der Waals surface area (Å²) in [5.74, 6) is 1.75. The maximum absolute atomic E-state index is 6.57. The Labute approximate surface area is 117 Å². The lowest BCUT2D eigenvalue weighted by Crippen LogP contribution is -2.33. The number of hydrogen-bond acceptors (Lipinski definition) is 2. The minimum Gasteiger partial charge on any atom is -0.492 e. The van der Waals surface area contributed by atoms with Crippen LogP contribution < -0.4 is 10.5 Å². The SMILES string of the molecule is NC1(c2cccc(Br)c2OCC2CC2)CCCC1. The van der Waals surface area contributed by atoms with Crippen molar-refractivity contribution in [2.75, 3.05) is 6.61 Å². The zero-order valence-corrected chi connectivity index (χ0v) is 12.2. The van der Waals surface area contributed by atoms with E-state index in [0.717, 1.165) is 35.6 Å². The van der Waals surface area contributed by atoms with Gasteiger partial charge in [-0.3, -0.25) is 0 Å². The zero-order valence-electron chi connectivity index (χ0n) is 10.6. The van der Waals surface area contributed by atoms with Crippen molar-refractivity contribution in [2.45, 2.75) is 44.1 Å². The van der Waals surface area contributed by atoms with Gasteiger partial charge in [-0.25, -0.2) is 0 Å². The smallest absolute Gasteiger partial charge is 0.138 e. The molecule has 2 saturated carbocycles. The zero-order chi connectivity index (χ0) is 12.6. The first-order valence-corrected chi connectivity index (χ1v) is 7.69. The molecular formula is C15H20BrNO. The third-order valence-electron chi connectivity index (χ3n) is 4.16. The van der Waals surface area contributed by atoms with Gasteiger partial charge >= 0.3 is 0 Å². The fraction of sp³-hybridized carbons (Fsp3) is 0.600. The number of rotatable bonds is 4. The normalized spacial score (nSPS) is 22.1. The van der Waals surface area contributed by atoms with Gasteiger partial charge in [0.1, 0.15) is 5.75 Å². The summed E-state index contributed by atoms with van der Waals surface area (Å²) in [6.45, 7) is 0.839. The number of halogens is 1. The van der Waals surface area contributed by atoms with Crippen LogP contribution in [0.5, 0.6) is 5.75 Å². The van der Waals surface area contributed by atoms with Gasteiger partial charge < -0.3 is 10.5 Å². The lowest BCUT2D eigenvalue weighted by atomic mass is 9.89.